The van der Waals surface area contributed by atoms with Gasteiger partial charge in [-0.2, -0.15) is 15.0 Å². The molecule has 1 saturated heterocycles. The number of anilines is 2. The maximum atomic E-state index is 5.86. The van der Waals surface area contributed by atoms with E-state index >= 15 is 0 Å². The predicted octanol–water partition coefficient (Wildman–Crippen LogP) is 1.70. The lowest BCUT2D eigenvalue weighted by Crippen LogP contribution is -2.32. The average Bonchev–Trinajstić information content (AvgIpc) is 3.08. The van der Waals surface area contributed by atoms with E-state index in [2.05, 4.69) is 44.1 Å². The van der Waals surface area contributed by atoms with E-state index in [4.69, 9.17) is 10.5 Å². The first-order valence-electron chi connectivity index (χ1n) is 8.66. The monoisotopic (exact) mass is 342 g/mol. The van der Waals surface area contributed by atoms with Crippen LogP contribution in [0.25, 0.3) is 0 Å². The van der Waals surface area contributed by atoms with Crippen LogP contribution in [0.15, 0.2) is 30.3 Å². The highest BCUT2D eigenvalue weighted by atomic mass is 16.5. The first kappa shape index (κ1) is 17.6. The first-order valence-corrected chi connectivity index (χ1v) is 8.66. The van der Waals surface area contributed by atoms with Crippen molar-refractivity contribution in [2.24, 2.45) is 0 Å². The van der Waals surface area contributed by atoms with Crippen LogP contribution in [0.4, 0.5) is 11.9 Å². The van der Waals surface area contributed by atoms with Gasteiger partial charge in [-0.05, 0) is 18.4 Å². The minimum Gasteiger partial charge on any atom is -0.377 e. The normalized spacial score (nSPS) is 17.2. The lowest BCUT2D eigenvalue weighted by molar-refractivity contribution is 0.0670. The molecule has 134 valence electrons. The van der Waals surface area contributed by atoms with E-state index in [0.717, 1.165) is 32.5 Å². The molecule has 0 aliphatic carbocycles. The van der Waals surface area contributed by atoms with Crippen molar-refractivity contribution in [2.45, 2.75) is 32.0 Å². The second-order valence-corrected chi connectivity index (χ2v) is 6.59. The van der Waals surface area contributed by atoms with E-state index in [1.807, 2.05) is 25.1 Å². The number of hydrogen-bond donors (Lipinski definition) is 1. The maximum Gasteiger partial charge on any atom is 0.229 e. The van der Waals surface area contributed by atoms with Crippen LogP contribution in [0.3, 0.4) is 0 Å². The minimum absolute atomic E-state index is 0.255. The van der Waals surface area contributed by atoms with E-state index in [0.29, 0.717) is 18.3 Å². The lowest BCUT2D eigenvalue weighted by Gasteiger charge is -2.25. The smallest absolute Gasteiger partial charge is 0.229 e. The quantitative estimate of drug-likeness (QED) is 0.820. The Morgan fingerprint density at radius 1 is 1.12 bits per heavy atom. The molecule has 0 bridgehead atoms. The van der Waals surface area contributed by atoms with Crippen LogP contribution < -0.4 is 10.6 Å². The molecule has 1 aromatic heterocycles. The van der Waals surface area contributed by atoms with Gasteiger partial charge in [0.2, 0.25) is 11.9 Å². The van der Waals surface area contributed by atoms with Crippen LogP contribution in [0.2, 0.25) is 0 Å². The summed E-state index contributed by atoms with van der Waals surface area (Å²) < 4.78 is 5.82. The van der Waals surface area contributed by atoms with E-state index in [-0.39, 0.29) is 12.1 Å². The molecule has 1 fully saturated rings. The fourth-order valence-electron chi connectivity index (χ4n) is 3.00. The molecule has 1 aliphatic rings. The average molecular weight is 342 g/mol. The number of ether oxygens (including phenoxy) is 1. The van der Waals surface area contributed by atoms with E-state index in [1.165, 1.54) is 5.56 Å². The third-order valence-corrected chi connectivity index (χ3v) is 4.19. The Morgan fingerprint density at radius 2 is 1.92 bits per heavy atom. The van der Waals surface area contributed by atoms with Gasteiger partial charge in [0.1, 0.15) is 5.82 Å². The zero-order valence-corrected chi connectivity index (χ0v) is 14.9. The Bertz CT molecular complexity index is 673. The van der Waals surface area contributed by atoms with Gasteiger partial charge in [0.25, 0.3) is 0 Å². The van der Waals surface area contributed by atoms with Crippen molar-refractivity contribution in [3.8, 4) is 0 Å². The molecule has 2 heterocycles. The van der Waals surface area contributed by atoms with Crippen LogP contribution in [0.5, 0.6) is 0 Å². The largest absolute Gasteiger partial charge is 0.377 e. The molecule has 0 radical (unpaired) electrons. The zero-order chi connectivity index (χ0) is 17.6. The second kappa shape index (κ2) is 8.22. The molecule has 25 heavy (non-hydrogen) atoms. The third kappa shape index (κ3) is 5.11. The highest BCUT2D eigenvalue weighted by molar-refractivity contribution is 5.32. The zero-order valence-electron chi connectivity index (χ0n) is 14.9. The molecule has 7 nitrogen and oxygen atoms in total. The summed E-state index contributed by atoms with van der Waals surface area (Å²) in [5, 5.41) is 0. The van der Waals surface area contributed by atoms with Crippen molar-refractivity contribution in [1.82, 2.24) is 19.9 Å². The number of hydrogen-bond acceptors (Lipinski definition) is 7. The number of aromatic nitrogens is 3. The Hall–Kier alpha value is -2.25. The topological polar surface area (TPSA) is 80.4 Å². The molecule has 2 N–H and O–H groups in total. The SMILES string of the molecule is CN(C)c1nc(N)nc(CN(Cc2ccccc2)C[C@H]2CCCO2)n1. The van der Waals surface area contributed by atoms with Gasteiger partial charge in [-0.15, -0.1) is 0 Å². The Morgan fingerprint density at radius 3 is 2.60 bits per heavy atom. The minimum atomic E-state index is 0.255. The molecule has 1 aromatic carbocycles. The number of rotatable bonds is 7. The summed E-state index contributed by atoms with van der Waals surface area (Å²) in [5.74, 6) is 1.52. The molecule has 2 aromatic rings. The van der Waals surface area contributed by atoms with Crippen LogP contribution in [-0.2, 0) is 17.8 Å². The highest BCUT2D eigenvalue weighted by Crippen LogP contribution is 2.17. The summed E-state index contributed by atoms with van der Waals surface area (Å²) >= 11 is 0. The fraction of sp³-hybridized carbons (Fsp3) is 0.500. The van der Waals surface area contributed by atoms with Crippen LogP contribution in [0.1, 0.15) is 24.2 Å². The van der Waals surface area contributed by atoms with Crippen molar-refractivity contribution >= 4 is 11.9 Å². The summed E-state index contributed by atoms with van der Waals surface area (Å²) in [6.07, 6.45) is 2.51. The van der Waals surface area contributed by atoms with Crippen LogP contribution in [-0.4, -0.2) is 53.2 Å². The second-order valence-electron chi connectivity index (χ2n) is 6.59. The van der Waals surface area contributed by atoms with Gasteiger partial charge in [0.05, 0.1) is 12.6 Å². The molecule has 1 atom stereocenters. The van der Waals surface area contributed by atoms with Crippen molar-refractivity contribution in [3.63, 3.8) is 0 Å². The van der Waals surface area contributed by atoms with Gasteiger partial charge in [0, 0.05) is 33.8 Å². The third-order valence-electron chi connectivity index (χ3n) is 4.19. The number of nitrogens with two attached hydrogens (primary N) is 1. The van der Waals surface area contributed by atoms with E-state index in [1.54, 1.807) is 0 Å². The van der Waals surface area contributed by atoms with Gasteiger partial charge in [-0.3, -0.25) is 4.90 Å². The fourth-order valence-corrected chi connectivity index (χ4v) is 3.00. The number of nitrogens with zero attached hydrogens (tertiary/aromatic N) is 5. The summed E-state index contributed by atoms with van der Waals surface area (Å²) in [5.41, 5.74) is 7.12. The van der Waals surface area contributed by atoms with Gasteiger partial charge in [-0.1, -0.05) is 30.3 Å². The van der Waals surface area contributed by atoms with Gasteiger partial charge in [0.15, 0.2) is 0 Å². The predicted molar refractivity (Wildman–Crippen MR) is 98.1 cm³/mol. The van der Waals surface area contributed by atoms with Crippen LogP contribution >= 0.6 is 0 Å². The van der Waals surface area contributed by atoms with Crippen LogP contribution in [0, 0.1) is 0 Å². The summed E-state index contributed by atoms with van der Waals surface area (Å²) in [7, 11) is 3.79. The molecular formula is C18H26N6O. The molecule has 0 spiro atoms. The Labute approximate surface area is 148 Å². The molecule has 3 rings (SSSR count). The standard InChI is InChI=1S/C18H26N6O/c1-23(2)18-21-16(20-17(19)22-18)13-24(12-15-9-6-10-25-15)11-14-7-4-3-5-8-14/h3-5,7-8,15H,6,9-13H2,1-2H3,(H2,19,20,21,22)/t15-/m1/s1. The van der Waals surface area contributed by atoms with E-state index < -0.39 is 0 Å². The molecular weight excluding hydrogens is 316 g/mol. The Kier molecular flexibility index (Phi) is 5.78. The lowest BCUT2D eigenvalue weighted by atomic mass is 10.2. The van der Waals surface area contributed by atoms with Gasteiger partial charge < -0.3 is 15.4 Å². The first-order chi connectivity index (χ1) is 12.1. The van der Waals surface area contributed by atoms with Crippen molar-refractivity contribution in [2.75, 3.05) is 37.9 Å². The number of nitrogen functional groups attached to an aromatic ring is 1. The molecule has 1 aliphatic heterocycles. The van der Waals surface area contributed by atoms with Crippen molar-refractivity contribution in [1.29, 1.82) is 0 Å². The maximum absolute atomic E-state index is 5.86. The van der Waals surface area contributed by atoms with Crippen molar-refractivity contribution in [3.05, 3.63) is 41.7 Å². The summed E-state index contributed by atoms with van der Waals surface area (Å²) in [4.78, 5) is 17.2. The van der Waals surface area contributed by atoms with E-state index in [9.17, 15) is 0 Å². The van der Waals surface area contributed by atoms with Gasteiger partial charge in [-0.25, -0.2) is 0 Å². The summed E-state index contributed by atoms with van der Waals surface area (Å²) in [6, 6.07) is 10.4. The van der Waals surface area contributed by atoms with Crippen molar-refractivity contribution < 1.29 is 4.74 Å². The molecule has 0 amide bonds. The molecule has 7 heteroatoms. The van der Waals surface area contributed by atoms with Gasteiger partial charge >= 0.3 is 0 Å². The molecule has 0 unspecified atom stereocenters. The number of benzene rings is 1. The highest BCUT2D eigenvalue weighted by Gasteiger charge is 2.21. The Balaban J connectivity index is 1.76. The molecule has 0 saturated carbocycles. The summed E-state index contributed by atoms with van der Waals surface area (Å²) in [6.45, 7) is 3.15.